The predicted octanol–water partition coefficient (Wildman–Crippen LogP) is 3.07. The van der Waals surface area contributed by atoms with Crippen molar-refractivity contribution in [1.82, 2.24) is 16.0 Å². The molecular formula is C19H32N4O. The highest BCUT2D eigenvalue weighted by Gasteiger charge is 2.15. The summed E-state index contributed by atoms with van der Waals surface area (Å²) in [5, 5.41) is 9.59. The molecule has 0 spiro atoms. The monoisotopic (exact) mass is 332 g/mol. The molecule has 0 radical (unpaired) electrons. The Balaban J connectivity index is 2.81. The van der Waals surface area contributed by atoms with Gasteiger partial charge in [-0.1, -0.05) is 19.1 Å². The molecule has 1 rings (SSSR count). The molecule has 134 valence electrons. The molecule has 1 unspecified atom stereocenters. The highest BCUT2D eigenvalue weighted by Crippen LogP contribution is 2.09. The third-order valence-electron chi connectivity index (χ3n) is 3.44. The number of nitrogens with zero attached hydrogens (tertiary/aromatic N) is 1. The molecule has 0 aromatic heterocycles. The van der Waals surface area contributed by atoms with Gasteiger partial charge >= 0.3 is 0 Å². The number of nitrogens with one attached hydrogen (secondary N) is 3. The number of carbonyl (C=O) groups is 1. The van der Waals surface area contributed by atoms with Gasteiger partial charge in [-0.2, -0.15) is 0 Å². The molecule has 24 heavy (non-hydrogen) atoms. The first kappa shape index (κ1) is 20.0. The van der Waals surface area contributed by atoms with E-state index in [9.17, 15) is 4.79 Å². The zero-order valence-electron chi connectivity index (χ0n) is 15.9. The average Bonchev–Trinajstić information content (AvgIpc) is 2.51. The van der Waals surface area contributed by atoms with Crippen LogP contribution in [0.5, 0.6) is 0 Å². The van der Waals surface area contributed by atoms with E-state index >= 15 is 0 Å². The van der Waals surface area contributed by atoms with Gasteiger partial charge in [-0.05, 0) is 58.7 Å². The van der Waals surface area contributed by atoms with Crippen LogP contribution in [0.15, 0.2) is 29.3 Å². The third-order valence-corrected chi connectivity index (χ3v) is 3.44. The third kappa shape index (κ3) is 7.49. The standard InChI is InChI=1S/C19H32N4O/c1-7-14(3)22-18(20-8-2)21-13-15-10-9-11-16(12-15)17(24)23-19(4,5)6/h9-12,14H,7-8,13H2,1-6H3,(H,23,24)(H2,20,21,22). The topological polar surface area (TPSA) is 65.5 Å². The van der Waals surface area contributed by atoms with E-state index in [1.54, 1.807) is 0 Å². The van der Waals surface area contributed by atoms with Gasteiger partial charge < -0.3 is 16.0 Å². The molecule has 1 aromatic carbocycles. The number of rotatable bonds is 6. The fourth-order valence-corrected chi connectivity index (χ4v) is 2.05. The molecule has 0 saturated carbocycles. The lowest BCUT2D eigenvalue weighted by atomic mass is 10.1. The maximum Gasteiger partial charge on any atom is 0.251 e. The lowest BCUT2D eigenvalue weighted by Crippen LogP contribution is -2.42. The number of guanidine groups is 1. The fraction of sp³-hybridized carbons (Fsp3) is 0.579. The molecule has 0 aliphatic heterocycles. The summed E-state index contributed by atoms with van der Waals surface area (Å²) in [7, 11) is 0. The van der Waals surface area contributed by atoms with E-state index in [0.717, 1.165) is 24.5 Å². The molecule has 0 fully saturated rings. The van der Waals surface area contributed by atoms with Gasteiger partial charge in [-0.3, -0.25) is 4.79 Å². The van der Waals surface area contributed by atoms with Gasteiger partial charge in [0.05, 0.1) is 6.54 Å². The first-order chi connectivity index (χ1) is 11.2. The second-order valence-electron chi connectivity index (χ2n) is 7.05. The highest BCUT2D eigenvalue weighted by molar-refractivity contribution is 5.94. The smallest absolute Gasteiger partial charge is 0.251 e. The van der Waals surface area contributed by atoms with Gasteiger partial charge in [0.25, 0.3) is 5.91 Å². The van der Waals surface area contributed by atoms with Crippen molar-refractivity contribution in [3.8, 4) is 0 Å². The maximum atomic E-state index is 12.3. The Morgan fingerprint density at radius 3 is 2.54 bits per heavy atom. The number of carbonyl (C=O) groups excluding carboxylic acids is 1. The molecule has 1 amide bonds. The number of aliphatic imine (C=N–C) groups is 1. The Bertz CT molecular complexity index is 561. The normalized spacial score (nSPS) is 13.3. The molecule has 0 bridgehead atoms. The Labute approximate surface area is 146 Å². The van der Waals surface area contributed by atoms with Crippen LogP contribution >= 0.6 is 0 Å². The summed E-state index contributed by atoms with van der Waals surface area (Å²) in [6.07, 6.45) is 1.03. The first-order valence-corrected chi connectivity index (χ1v) is 8.71. The Morgan fingerprint density at radius 1 is 1.25 bits per heavy atom. The molecule has 0 aliphatic rings. The van der Waals surface area contributed by atoms with Crippen LogP contribution in [0.1, 0.15) is 63.9 Å². The molecule has 5 nitrogen and oxygen atoms in total. The van der Waals surface area contributed by atoms with E-state index in [1.807, 2.05) is 52.0 Å². The van der Waals surface area contributed by atoms with Crippen molar-refractivity contribution in [3.05, 3.63) is 35.4 Å². The van der Waals surface area contributed by atoms with Crippen molar-refractivity contribution in [2.75, 3.05) is 6.54 Å². The Kier molecular flexibility index (Phi) is 7.75. The maximum absolute atomic E-state index is 12.3. The summed E-state index contributed by atoms with van der Waals surface area (Å²) in [5.74, 6) is 0.745. The highest BCUT2D eigenvalue weighted by atomic mass is 16.1. The fourth-order valence-electron chi connectivity index (χ4n) is 2.05. The number of amides is 1. The van der Waals surface area contributed by atoms with Crippen molar-refractivity contribution in [2.24, 2.45) is 4.99 Å². The molecule has 0 saturated heterocycles. The van der Waals surface area contributed by atoms with Crippen molar-refractivity contribution < 1.29 is 4.79 Å². The lowest BCUT2D eigenvalue weighted by Gasteiger charge is -2.20. The van der Waals surface area contributed by atoms with E-state index in [0.29, 0.717) is 18.2 Å². The molecule has 1 aromatic rings. The quantitative estimate of drug-likeness (QED) is 0.554. The predicted molar refractivity (Wildman–Crippen MR) is 101 cm³/mol. The van der Waals surface area contributed by atoms with E-state index in [4.69, 9.17) is 0 Å². The van der Waals surface area contributed by atoms with Gasteiger partial charge in [0.15, 0.2) is 5.96 Å². The van der Waals surface area contributed by atoms with Crippen LogP contribution in [-0.4, -0.2) is 30.0 Å². The summed E-state index contributed by atoms with van der Waals surface area (Å²) in [6.45, 7) is 13.6. The SMILES string of the molecule is CCNC(=NCc1cccc(C(=O)NC(C)(C)C)c1)NC(C)CC. The van der Waals surface area contributed by atoms with Crippen LogP contribution in [0.3, 0.4) is 0 Å². The number of hydrogen-bond acceptors (Lipinski definition) is 2. The van der Waals surface area contributed by atoms with Crippen molar-refractivity contribution in [3.63, 3.8) is 0 Å². The minimum absolute atomic E-state index is 0.0574. The van der Waals surface area contributed by atoms with Gasteiger partial charge in [0.2, 0.25) is 0 Å². The van der Waals surface area contributed by atoms with Gasteiger partial charge in [-0.15, -0.1) is 0 Å². The van der Waals surface area contributed by atoms with Crippen molar-refractivity contribution >= 4 is 11.9 Å². The second-order valence-corrected chi connectivity index (χ2v) is 7.05. The zero-order chi connectivity index (χ0) is 18.2. The first-order valence-electron chi connectivity index (χ1n) is 8.71. The Morgan fingerprint density at radius 2 is 1.96 bits per heavy atom. The van der Waals surface area contributed by atoms with Crippen LogP contribution in [-0.2, 0) is 6.54 Å². The summed E-state index contributed by atoms with van der Waals surface area (Å²) in [5.41, 5.74) is 1.43. The number of benzene rings is 1. The molecule has 1 atom stereocenters. The van der Waals surface area contributed by atoms with Crippen LogP contribution in [0, 0.1) is 0 Å². The van der Waals surface area contributed by atoms with Gasteiger partial charge in [0, 0.05) is 23.7 Å². The Hall–Kier alpha value is -2.04. The summed E-state index contributed by atoms with van der Waals surface area (Å²) in [4.78, 5) is 16.9. The largest absolute Gasteiger partial charge is 0.357 e. The molecular weight excluding hydrogens is 300 g/mol. The van der Waals surface area contributed by atoms with Crippen molar-refractivity contribution in [2.45, 2.75) is 66.1 Å². The zero-order valence-corrected chi connectivity index (χ0v) is 15.9. The van der Waals surface area contributed by atoms with E-state index in [1.165, 1.54) is 0 Å². The van der Waals surface area contributed by atoms with Crippen LogP contribution in [0.4, 0.5) is 0 Å². The van der Waals surface area contributed by atoms with Crippen LogP contribution in [0.2, 0.25) is 0 Å². The minimum Gasteiger partial charge on any atom is -0.357 e. The lowest BCUT2D eigenvalue weighted by molar-refractivity contribution is 0.0919. The summed E-state index contributed by atoms with van der Waals surface area (Å²) in [6, 6.07) is 7.99. The molecule has 0 heterocycles. The molecule has 0 aliphatic carbocycles. The van der Waals surface area contributed by atoms with Crippen LogP contribution < -0.4 is 16.0 Å². The van der Waals surface area contributed by atoms with Crippen molar-refractivity contribution in [1.29, 1.82) is 0 Å². The molecule has 3 N–H and O–H groups in total. The average molecular weight is 332 g/mol. The van der Waals surface area contributed by atoms with Gasteiger partial charge in [-0.25, -0.2) is 4.99 Å². The summed E-state index contributed by atoms with van der Waals surface area (Å²) >= 11 is 0. The van der Waals surface area contributed by atoms with Crippen LogP contribution in [0.25, 0.3) is 0 Å². The molecule has 5 heteroatoms. The second kappa shape index (κ2) is 9.30. The summed E-state index contributed by atoms with van der Waals surface area (Å²) < 4.78 is 0. The van der Waals surface area contributed by atoms with E-state index < -0.39 is 0 Å². The minimum atomic E-state index is -0.246. The van der Waals surface area contributed by atoms with Gasteiger partial charge in [0.1, 0.15) is 0 Å². The van der Waals surface area contributed by atoms with E-state index in [-0.39, 0.29) is 11.4 Å². The number of hydrogen-bond donors (Lipinski definition) is 3. The van der Waals surface area contributed by atoms with E-state index in [2.05, 4.69) is 34.8 Å².